The number of fused-ring (bicyclic) bond motifs is 1. The van der Waals surface area contributed by atoms with E-state index in [1.54, 1.807) is 11.3 Å². The van der Waals surface area contributed by atoms with Gasteiger partial charge in [0.05, 0.1) is 15.2 Å². The van der Waals surface area contributed by atoms with E-state index in [1.807, 2.05) is 18.5 Å². The minimum Gasteiger partial charge on any atom is -0.246 e. The standard InChI is InChI=1S/C13H14N4S/c1-4-17-13(14-8(2)16-17)10-5-6-12-11(7-10)15-9(3)18-12/h5-7H,4H2,1-3H3. The number of benzene rings is 1. The van der Waals surface area contributed by atoms with Gasteiger partial charge in [-0.3, -0.25) is 0 Å². The molecule has 3 aromatic rings. The summed E-state index contributed by atoms with van der Waals surface area (Å²) in [5, 5.41) is 5.47. The van der Waals surface area contributed by atoms with E-state index in [0.29, 0.717) is 0 Å². The largest absolute Gasteiger partial charge is 0.246 e. The zero-order valence-electron chi connectivity index (χ0n) is 10.6. The van der Waals surface area contributed by atoms with Crippen molar-refractivity contribution in [3.05, 3.63) is 29.0 Å². The smallest absolute Gasteiger partial charge is 0.158 e. The highest BCUT2D eigenvalue weighted by Gasteiger charge is 2.10. The summed E-state index contributed by atoms with van der Waals surface area (Å²) in [7, 11) is 0. The van der Waals surface area contributed by atoms with Crippen LogP contribution >= 0.6 is 11.3 Å². The fourth-order valence-corrected chi connectivity index (χ4v) is 2.88. The highest BCUT2D eigenvalue weighted by molar-refractivity contribution is 7.18. The number of aromatic nitrogens is 4. The van der Waals surface area contributed by atoms with Crippen LogP contribution in [0.2, 0.25) is 0 Å². The molecule has 0 aliphatic heterocycles. The molecular formula is C13H14N4S. The van der Waals surface area contributed by atoms with Gasteiger partial charge in [0.1, 0.15) is 5.82 Å². The number of nitrogens with zero attached hydrogens (tertiary/aromatic N) is 4. The first-order valence-electron chi connectivity index (χ1n) is 5.96. The summed E-state index contributed by atoms with van der Waals surface area (Å²) >= 11 is 1.72. The van der Waals surface area contributed by atoms with Crippen molar-refractivity contribution in [3.63, 3.8) is 0 Å². The summed E-state index contributed by atoms with van der Waals surface area (Å²) in [6, 6.07) is 6.30. The monoisotopic (exact) mass is 258 g/mol. The topological polar surface area (TPSA) is 43.6 Å². The highest BCUT2D eigenvalue weighted by Crippen LogP contribution is 2.26. The summed E-state index contributed by atoms with van der Waals surface area (Å²) in [5.41, 5.74) is 2.12. The third-order valence-corrected chi connectivity index (χ3v) is 3.78. The fraction of sp³-hybridized carbons (Fsp3) is 0.308. The van der Waals surface area contributed by atoms with E-state index in [1.165, 1.54) is 4.70 Å². The second-order valence-electron chi connectivity index (χ2n) is 4.21. The first-order valence-corrected chi connectivity index (χ1v) is 6.78. The first kappa shape index (κ1) is 11.3. The number of hydrogen-bond acceptors (Lipinski definition) is 4. The maximum absolute atomic E-state index is 4.52. The second-order valence-corrected chi connectivity index (χ2v) is 5.45. The normalized spacial score (nSPS) is 11.3. The molecule has 0 aliphatic carbocycles. The van der Waals surface area contributed by atoms with Crippen molar-refractivity contribution >= 4 is 21.6 Å². The third kappa shape index (κ3) is 1.80. The van der Waals surface area contributed by atoms with Gasteiger partial charge in [0.25, 0.3) is 0 Å². The number of thiazole rings is 1. The van der Waals surface area contributed by atoms with Crippen LogP contribution in [0.5, 0.6) is 0 Å². The molecule has 0 radical (unpaired) electrons. The lowest BCUT2D eigenvalue weighted by molar-refractivity contribution is 0.660. The molecule has 0 atom stereocenters. The van der Waals surface area contributed by atoms with Crippen LogP contribution < -0.4 is 0 Å². The Labute approximate surface area is 109 Å². The predicted molar refractivity (Wildman–Crippen MR) is 73.8 cm³/mol. The molecule has 0 aliphatic rings. The summed E-state index contributed by atoms with van der Waals surface area (Å²) in [6.45, 7) is 6.84. The lowest BCUT2D eigenvalue weighted by Crippen LogP contribution is -1.99. The number of aryl methyl sites for hydroxylation is 3. The SMILES string of the molecule is CCn1nc(C)nc1-c1ccc2sc(C)nc2c1. The van der Waals surface area contributed by atoms with E-state index in [0.717, 1.165) is 34.3 Å². The van der Waals surface area contributed by atoms with Gasteiger partial charge in [0.15, 0.2) is 5.82 Å². The zero-order chi connectivity index (χ0) is 12.7. The molecule has 3 rings (SSSR count). The van der Waals surface area contributed by atoms with Gasteiger partial charge in [-0.05, 0) is 39.0 Å². The van der Waals surface area contributed by atoms with Gasteiger partial charge in [-0.25, -0.2) is 14.6 Å². The molecule has 4 nitrogen and oxygen atoms in total. The van der Waals surface area contributed by atoms with E-state index in [2.05, 4.69) is 40.2 Å². The molecule has 0 spiro atoms. The lowest BCUT2D eigenvalue weighted by Gasteiger charge is -2.02. The molecule has 0 saturated carbocycles. The average Bonchev–Trinajstić information content (AvgIpc) is 2.89. The van der Waals surface area contributed by atoms with Gasteiger partial charge in [0, 0.05) is 12.1 Å². The molecule has 0 unspecified atom stereocenters. The number of hydrogen-bond donors (Lipinski definition) is 0. The summed E-state index contributed by atoms with van der Waals surface area (Å²) in [4.78, 5) is 9.02. The van der Waals surface area contributed by atoms with Crippen LogP contribution in [-0.4, -0.2) is 19.7 Å². The van der Waals surface area contributed by atoms with Crippen molar-refractivity contribution in [2.45, 2.75) is 27.3 Å². The second kappa shape index (κ2) is 4.17. The van der Waals surface area contributed by atoms with Crippen LogP contribution in [0.15, 0.2) is 18.2 Å². The zero-order valence-corrected chi connectivity index (χ0v) is 11.5. The van der Waals surface area contributed by atoms with Gasteiger partial charge >= 0.3 is 0 Å². The summed E-state index contributed by atoms with van der Waals surface area (Å²) in [5.74, 6) is 1.73. The van der Waals surface area contributed by atoms with Crippen LogP contribution in [0.3, 0.4) is 0 Å². The van der Waals surface area contributed by atoms with Gasteiger partial charge in [-0.1, -0.05) is 0 Å². The van der Waals surface area contributed by atoms with Gasteiger partial charge < -0.3 is 0 Å². The van der Waals surface area contributed by atoms with E-state index in [9.17, 15) is 0 Å². The van der Waals surface area contributed by atoms with Crippen molar-refractivity contribution in [3.8, 4) is 11.4 Å². The van der Waals surface area contributed by atoms with Crippen molar-refractivity contribution < 1.29 is 0 Å². The van der Waals surface area contributed by atoms with E-state index >= 15 is 0 Å². The predicted octanol–water partition coefficient (Wildman–Crippen LogP) is 3.19. The summed E-state index contributed by atoms with van der Waals surface area (Å²) in [6.07, 6.45) is 0. The molecule has 0 amide bonds. The average molecular weight is 258 g/mol. The fourth-order valence-electron chi connectivity index (χ4n) is 2.07. The minimum absolute atomic E-state index is 0.807. The Morgan fingerprint density at radius 1 is 1.22 bits per heavy atom. The first-order chi connectivity index (χ1) is 8.67. The van der Waals surface area contributed by atoms with Crippen LogP contribution in [-0.2, 0) is 6.54 Å². The van der Waals surface area contributed by atoms with Crippen molar-refractivity contribution in [2.24, 2.45) is 0 Å². The highest BCUT2D eigenvalue weighted by atomic mass is 32.1. The van der Waals surface area contributed by atoms with E-state index in [-0.39, 0.29) is 0 Å². The van der Waals surface area contributed by atoms with Crippen LogP contribution in [0.25, 0.3) is 21.6 Å². The van der Waals surface area contributed by atoms with E-state index < -0.39 is 0 Å². The molecule has 2 aromatic heterocycles. The molecule has 18 heavy (non-hydrogen) atoms. The Bertz CT molecular complexity index is 711. The third-order valence-electron chi connectivity index (χ3n) is 2.83. The van der Waals surface area contributed by atoms with E-state index in [4.69, 9.17) is 0 Å². The Hall–Kier alpha value is -1.75. The van der Waals surface area contributed by atoms with Crippen molar-refractivity contribution in [1.29, 1.82) is 0 Å². The van der Waals surface area contributed by atoms with Crippen LogP contribution in [0.1, 0.15) is 17.8 Å². The van der Waals surface area contributed by atoms with Crippen LogP contribution in [0.4, 0.5) is 0 Å². The minimum atomic E-state index is 0.807. The molecular weight excluding hydrogens is 244 g/mol. The molecule has 0 bridgehead atoms. The van der Waals surface area contributed by atoms with Gasteiger partial charge in [-0.2, -0.15) is 5.10 Å². The van der Waals surface area contributed by atoms with Crippen molar-refractivity contribution in [1.82, 2.24) is 19.7 Å². The van der Waals surface area contributed by atoms with Gasteiger partial charge in [-0.15, -0.1) is 11.3 Å². The maximum Gasteiger partial charge on any atom is 0.158 e. The van der Waals surface area contributed by atoms with Crippen molar-refractivity contribution in [2.75, 3.05) is 0 Å². The molecule has 2 heterocycles. The van der Waals surface area contributed by atoms with Gasteiger partial charge in [0.2, 0.25) is 0 Å². The Balaban J connectivity index is 2.18. The molecule has 92 valence electrons. The maximum atomic E-state index is 4.52. The summed E-state index contributed by atoms with van der Waals surface area (Å²) < 4.78 is 3.14. The molecule has 0 fully saturated rings. The molecule has 5 heteroatoms. The molecule has 0 N–H and O–H groups in total. The quantitative estimate of drug-likeness (QED) is 0.709. The Morgan fingerprint density at radius 3 is 2.83 bits per heavy atom. The lowest BCUT2D eigenvalue weighted by atomic mass is 10.2. The Kier molecular flexibility index (Phi) is 2.63. The number of rotatable bonds is 2. The molecule has 0 saturated heterocycles. The van der Waals surface area contributed by atoms with Crippen LogP contribution in [0, 0.1) is 13.8 Å². The molecule has 1 aromatic carbocycles. The Morgan fingerprint density at radius 2 is 2.06 bits per heavy atom.